The molecule has 2 heterocycles. The maximum absolute atomic E-state index is 5.83. The van der Waals surface area contributed by atoms with Crippen LogP contribution in [0.25, 0.3) is 5.69 Å². The van der Waals surface area contributed by atoms with Crippen molar-refractivity contribution in [3.8, 4) is 5.69 Å². The van der Waals surface area contributed by atoms with Crippen LogP contribution in [0.2, 0.25) is 10.3 Å². The molecule has 14 heavy (non-hydrogen) atoms. The Hall–Kier alpha value is -0.650. The topological polar surface area (TPSA) is 43.6 Å². The molecule has 0 saturated heterocycles. The summed E-state index contributed by atoms with van der Waals surface area (Å²) in [5, 5.41) is 11.8. The molecule has 2 rings (SSSR count). The molecule has 7 heteroatoms. The van der Waals surface area contributed by atoms with E-state index in [0.717, 1.165) is 4.47 Å². The van der Waals surface area contributed by atoms with Crippen LogP contribution < -0.4 is 0 Å². The van der Waals surface area contributed by atoms with E-state index in [9.17, 15) is 0 Å². The highest BCUT2D eigenvalue weighted by atomic mass is 79.9. The van der Waals surface area contributed by atoms with Gasteiger partial charge in [0.05, 0.1) is 10.7 Å². The summed E-state index contributed by atoms with van der Waals surface area (Å²) in [6.45, 7) is 0. The summed E-state index contributed by atoms with van der Waals surface area (Å²) in [5.41, 5.74) is 0.595. The molecule has 0 amide bonds. The van der Waals surface area contributed by atoms with Crippen LogP contribution in [0.3, 0.4) is 0 Å². The zero-order valence-electron chi connectivity index (χ0n) is 6.65. The Kier molecular flexibility index (Phi) is 2.71. The Bertz CT molecular complexity index is 470. The lowest BCUT2D eigenvalue weighted by Gasteiger charge is -2.01. The highest BCUT2D eigenvalue weighted by Crippen LogP contribution is 2.20. The van der Waals surface area contributed by atoms with E-state index in [1.807, 2.05) is 0 Å². The fourth-order valence-corrected chi connectivity index (χ4v) is 1.54. The first kappa shape index (κ1) is 9.89. The molecule has 2 aromatic heterocycles. The van der Waals surface area contributed by atoms with E-state index in [1.54, 1.807) is 23.1 Å². The first-order valence-corrected chi connectivity index (χ1v) is 5.11. The zero-order valence-corrected chi connectivity index (χ0v) is 9.75. The van der Waals surface area contributed by atoms with Crippen molar-refractivity contribution in [3.63, 3.8) is 0 Å². The number of halogens is 3. The minimum atomic E-state index is 0.255. The van der Waals surface area contributed by atoms with E-state index in [1.165, 1.54) is 0 Å². The summed E-state index contributed by atoms with van der Waals surface area (Å²) in [7, 11) is 0. The molecule has 4 nitrogen and oxygen atoms in total. The summed E-state index contributed by atoms with van der Waals surface area (Å²) in [6, 6.07) is 1.59. The van der Waals surface area contributed by atoms with Crippen molar-refractivity contribution in [3.05, 3.63) is 33.2 Å². The molecule has 0 radical (unpaired) electrons. The Morgan fingerprint density at radius 3 is 2.71 bits per heavy atom. The largest absolute Gasteiger partial charge is 0.236 e. The van der Waals surface area contributed by atoms with Crippen LogP contribution in [0.1, 0.15) is 0 Å². The molecule has 0 bridgehead atoms. The predicted molar refractivity (Wildman–Crippen MR) is 56.9 cm³/mol. The molecule has 0 saturated carbocycles. The minimum absolute atomic E-state index is 0.255. The maximum Gasteiger partial charge on any atom is 0.177 e. The van der Waals surface area contributed by atoms with Crippen molar-refractivity contribution in [2.45, 2.75) is 0 Å². The van der Waals surface area contributed by atoms with Gasteiger partial charge in [0.2, 0.25) is 0 Å². The van der Waals surface area contributed by atoms with Crippen molar-refractivity contribution in [1.82, 2.24) is 20.0 Å². The van der Waals surface area contributed by atoms with Gasteiger partial charge in [-0.15, -0.1) is 10.2 Å². The highest BCUT2D eigenvalue weighted by molar-refractivity contribution is 9.10. The van der Waals surface area contributed by atoms with Crippen LogP contribution in [0.4, 0.5) is 0 Å². The number of hydrogen-bond donors (Lipinski definition) is 0. The van der Waals surface area contributed by atoms with Crippen molar-refractivity contribution < 1.29 is 0 Å². The van der Waals surface area contributed by atoms with Crippen LogP contribution in [-0.2, 0) is 0 Å². The van der Waals surface area contributed by atoms with Crippen LogP contribution in [0.5, 0.6) is 0 Å². The van der Waals surface area contributed by atoms with Gasteiger partial charge in [-0.2, -0.15) is 5.10 Å². The SMILES string of the molecule is Clc1cc(-n2cc(Br)cn2)c(Cl)nn1. The molecular formula is C7H3BrCl2N4. The van der Waals surface area contributed by atoms with E-state index in [0.29, 0.717) is 5.69 Å². The van der Waals surface area contributed by atoms with Gasteiger partial charge in [0, 0.05) is 12.3 Å². The summed E-state index contributed by atoms with van der Waals surface area (Å²) in [5.74, 6) is 0. The van der Waals surface area contributed by atoms with Crippen LogP contribution in [0, 0.1) is 0 Å². The quantitative estimate of drug-likeness (QED) is 0.812. The molecular weight excluding hydrogens is 291 g/mol. The number of rotatable bonds is 1. The van der Waals surface area contributed by atoms with Crippen molar-refractivity contribution in [2.24, 2.45) is 0 Å². The monoisotopic (exact) mass is 292 g/mol. The van der Waals surface area contributed by atoms with Crippen LogP contribution in [-0.4, -0.2) is 20.0 Å². The molecule has 2 aromatic rings. The highest BCUT2D eigenvalue weighted by Gasteiger charge is 2.07. The molecule has 0 aromatic carbocycles. The lowest BCUT2D eigenvalue weighted by Crippen LogP contribution is -1.98. The second-order valence-electron chi connectivity index (χ2n) is 2.45. The summed E-state index contributed by atoms with van der Waals surface area (Å²) in [4.78, 5) is 0. The van der Waals surface area contributed by atoms with Crippen LogP contribution in [0.15, 0.2) is 22.9 Å². The third kappa shape index (κ3) is 1.89. The second-order valence-corrected chi connectivity index (χ2v) is 4.11. The molecule has 0 aliphatic heterocycles. The summed E-state index contributed by atoms with van der Waals surface area (Å²) >= 11 is 14.8. The van der Waals surface area contributed by atoms with E-state index in [4.69, 9.17) is 23.2 Å². The Balaban J connectivity index is 2.55. The predicted octanol–water partition coefficient (Wildman–Crippen LogP) is 2.73. The van der Waals surface area contributed by atoms with Gasteiger partial charge in [0.15, 0.2) is 10.3 Å². The first-order chi connectivity index (χ1) is 6.66. The smallest absolute Gasteiger partial charge is 0.177 e. The van der Waals surface area contributed by atoms with Crippen molar-refractivity contribution >= 4 is 39.1 Å². The van der Waals surface area contributed by atoms with E-state index >= 15 is 0 Å². The molecule has 0 unspecified atom stereocenters. The summed E-state index contributed by atoms with van der Waals surface area (Å²) in [6.07, 6.45) is 3.39. The normalized spacial score (nSPS) is 10.5. The van der Waals surface area contributed by atoms with Gasteiger partial charge < -0.3 is 0 Å². The van der Waals surface area contributed by atoms with Crippen molar-refractivity contribution in [2.75, 3.05) is 0 Å². The molecule has 0 aliphatic rings. The third-order valence-corrected chi connectivity index (χ3v) is 2.36. The van der Waals surface area contributed by atoms with Gasteiger partial charge in [0.1, 0.15) is 5.69 Å². The van der Waals surface area contributed by atoms with Gasteiger partial charge in [0.25, 0.3) is 0 Å². The Morgan fingerprint density at radius 2 is 2.07 bits per heavy atom. The number of nitrogens with zero attached hydrogens (tertiary/aromatic N) is 4. The first-order valence-electron chi connectivity index (χ1n) is 3.56. The molecule has 0 N–H and O–H groups in total. The van der Waals surface area contributed by atoms with Gasteiger partial charge in [-0.25, -0.2) is 4.68 Å². The van der Waals surface area contributed by atoms with Gasteiger partial charge in [-0.1, -0.05) is 23.2 Å². The zero-order chi connectivity index (χ0) is 10.1. The lowest BCUT2D eigenvalue weighted by atomic mass is 10.5. The van der Waals surface area contributed by atoms with E-state index < -0.39 is 0 Å². The number of aromatic nitrogens is 4. The standard InChI is InChI=1S/C7H3BrCl2N4/c8-4-2-11-14(3-4)5-1-6(9)12-13-7(5)10/h1-3H. The van der Waals surface area contributed by atoms with Gasteiger partial charge >= 0.3 is 0 Å². The second kappa shape index (κ2) is 3.84. The lowest BCUT2D eigenvalue weighted by molar-refractivity contribution is 0.859. The maximum atomic E-state index is 5.83. The fourth-order valence-electron chi connectivity index (χ4n) is 0.937. The van der Waals surface area contributed by atoms with E-state index in [2.05, 4.69) is 31.2 Å². The van der Waals surface area contributed by atoms with Crippen molar-refractivity contribution in [1.29, 1.82) is 0 Å². The number of hydrogen-bond acceptors (Lipinski definition) is 3. The minimum Gasteiger partial charge on any atom is -0.236 e. The molecule has 0 fully saturated rings. The Morgan fingerprint density at radius 1 is 1.29 bits per heavy atom. The third-order valence-electron chi connectivity index (χ3n) is 1.50. The van der Waals surface area contributed by atoms with Crippen LogP contribution >= 0.6 is 39.1 Å². The average Bonchev–Trinajstić information content (AvgIpc) is 2.56. The molecule has 0 aliphatic carbocycles. The van der Waals surface area contributed by atoms with E-state index in [-0.39, 0.29) is 10.3 Å². The molecule has 72 valence electrons. The average molecular weight is 294 g/mol. The van der Waals surface area contributed by atoms with Gasteiger partial charge in [-0.05, 0) is 15.9 Å². The molecule has 0 atom stereocenters. The molecule has 0 spiro atoms. The Labute approximate surface area is 98.0 Å². The summed E-state index contributed by atoms with van der Waals surface area (Å²) < 4.78 is 2.41. The fraction of sp³-hybridized carbons (Fsp3) is 0. The van der Waals surface area contributed by atoms with Gasteiger partial charge in [-0.3, -0.25) is 0 Å².